The topological polar surface area (TPSA) is 36.4 Å². The van der Waals surface area contributed by atoms with Crippen molar-refractivity contribution in [3.63, 3.8) is 0 Å². The van der Waals surface area contributed by atoms with E-state index in [1.807, 2.05) is 18.2 Å². The average molecular weight is 188 g/mol. The van der Waals surface area contributed by atoms with Crippen LogP contribution in [0, 0.1) is 5.41 Å². The SMILES string of the molecule is CC(C)(C)Cc1ccccc1C=[N+]=[N-]. The molecule has 0 aromatic heterocycles. The molecule has 1 rings (SSSR count). The molecule has 0 saturated heterocycles. The van der Waals surface area contributed by atoms with Crippen LogP contribution in [-0.4, -0.2) is 11.0 Å². The van der Waals surface area contributed by atoms with Crippen molar-refractivity contribution in [2.75, 3.05) is 0 Å². The predicted octanol–water partition coefficient (Wildman–Crippen LogP) is 2.92. The van der Waals surface area contributed by atoms with Gasteiger partial charge in [-0.1, -0.05) is 39.0 Å². The van der Waals surface area contributed by atoms with Crippen LogP contribution in [-0.2, 0) is 6.42 Å². The monoisotopic (exact) mass is 188 g/mol. The third-order valence-electron chi connectivity index (χ3n) is 1.97. The molecule has 2 nitrogen and oxygen atoms in total. The number of hydrogen-bond donors (Lipinski definition) is 0. The molecule has 0 heterocycles. The van der Waals surface area contributed by atoms with Crippen molar-refractivity contribution in [2.45, 2.75) is 27.2 Å². The van der Waals surface area contributed by atoms with Crippen molar-refractivity contribution in [2.24, 2.45) is 5.41 Å². The van der Waals surface area contributed by atoms with E-state index in [0.29, 0.717) is 0 Å². The molecule has 0 aliphatic carbocycles. The second kappa shape index (κ2) is 4.21. The van der Waals surface area contributed by atoms with Crippen LogP contribution in [0.4, 0.5) is 0 Å². The highest BCUT2D eigenvalue weighted by Crippen LogP contribution is 2.21. The first-order valence-corrected chi connectivity index (χ1v) is 4.78. The van der Waals surface area contributed by atoms with Crippen molar-refractivity contribution in [3.05, 3.63) is 40.9 Å². The van der Waals surface area contributed by atoms with Gasteiger partial charge in [-0.05, 0) is 23.5 Å². The van der Waals surface area contributed by atoms with Crippen LogP contribution in [0.3, 0.4) is 0 Å². The third kappa shape index (κ3) is 3.15. The highest BCUT2D eigenvalue weighted by molar-refractivity contribution is 5.77. The maximum absolute atomic E-state index is 8.51. The summed E-state index contributed by atoms with van der Waals surface area (Å²) in [6, 6.07) is 7.99. The summed E-state index contributed by atoms with van der Waals surface area (Å²) < 4.78 is 0. The van der Waals surface area contributed by atoms with Crippen molar-refractivity contribution in [3.8, 4) is 0 Å². The van der Waals surface area contributed by atoms with Crippen molar-refractivity contribution < 1.29 is 4.79 Å². The quantitative estimate of drug-likeness (QED) is 0.389. The lowest BCUT2D eigenvalue weighted by atomic mass is 9.86. The second-order valence-electron chi connectivity index (χ2n) is 4.68. The molecule has 0 amide bonds. The zero-order valence-electron chi connectivity index (χ0n) is 8.99. The van der Waals surface area contributed by atoms with Crippen LogP contribution < -0.4 is 0 Å². The van der Waals surface area contributed by atoms with Gasteiger partial charge in [0.05, 0.1) is 5.56 Å². The van der Waals surface area contributed by atoms with Gasteiger partial charge in [0.2, 0.25) is 0 Å². The highest BCUT2D eigenvalue weighted by Gasteiger charge is 2.13. The Kier molecular flexibility index (Phi) is 3.21. The van der Waals surface area contributed by atoms with E-state index in [2.05, 4.69) is 31.6 Å². The first-order chi connectivity index (χ1) is 6.53. The summed E-state index contributed by atoms with van der Waals surface area (Å²) in [6.45, 7) is 6.58. The van der Waals surface area contributed by atoms with Crippen LogP contribution >= 0.6 is 0 Å². The molecule has 74 valence electrons. The van der Waals surface area contributed by atoms with E-state index in [0.717, 1.165) is 12.0 Å². The Hall–Kier alpha value is -1.40. The average Bonchev–Trinajstić information content (AvgIpc) is 2.06. The summed E-state index contributed by atoms with van der Waals surface area (Å²) in [5, 5.41) is 0. The Bertz CT molecular complexity index is 355. The lowest BCUT2D eigenvalue weighted by Crippen LogP contribution is -2.10. The fourth-order valence-corrected chi connectivity index (χ4v) is 1.45. The van der Waals surface area contributed by atoms with Gasteiger partial charge >= 0.3 is 0 Å². The first-order valence-electron chi connectivity index (χ1n) is 4.78. The van der Waals surface area contributed by atoms with Crippen LogP contribution in [0.2, 0.25) is 0 Å². The van der Waals surface area contributed by atoms with Gasteiger partial charge in [0.15, 0.2) is 0 Å². The van der Waals surface area contributed by atoms with E-state index in [4.69, 9.17) is 5.53 Å². The standard InChI is InChI=1S/C12H16N2/c1-12(2,3)8-10-6-4-5-7-11(10)9-14-13/h4-7,9H,8H2,1-3H3. The molecule has 0 N–H and O–H groups in total. The number of rotatable bonds is 2. The van der Waals surface area contributed by atoms with Crippen LogP contribution in [0.15, 0.2) is 24.3 Å². The molecule has 0 aliphatic rings. The molecule has 0 bridgehead atoms. The molecular weight excluding hydrogens is 172 g/mol. The van der Waals surface area contributed by atoms with Crippen molar-refractivity contribution >= 4 is 6.21 Å². The zero-order chi connectivity index (χ0) is 10.6. The summed E-state index contributed by atoms with van der Waals surface area (Å²) in [7, 11) is 0. The Balaban J connectivity index is 3.01. The minimum absolute atomic E-state index is 0.249. The molecule has 0 unspecified atom stereocenters. The molecule has 0 spiro atoms. The molecule has 1 aromatic rings. The van der Waals surface area contributed by atoms with Crippen LogP contribution in [0.5, 0.6) is 0 Å². The highest BCUT2D eigenvalue weighted by atomic mass is 14.8. The van der Waals surface area contributed by atoms with E-state index in [1.54, 1.807) is 0 Å². The second-order valence-corrected chi connectivity index (χ2v) is 4.68. The fourth-order valence-electron chi connectivity index (χ4n) is 1.45. The van der Waals surface area contributed by atoms with E-state index in [1.165, 1.54) is 11.8 Å². The van der Waals surface area contributed by atoms with E-state index < -0.39 is 0 Å². The van der Waals surface area contributed by atoms with Gasteiger partial charge in [0.1, 0.15) is 0 Å². The molecule has 0 fully saturated rings. The molecule has 0 atom stereocenters. The Morgan fingerprint density at radius 1 is 1.29 bits per heavy atom. The summed E-state index contributed by atoms with van der Waals surface area (Å²) in [6.07, 6.45) is 2.47. The Morgan fingerprint density at radius 3 is 2.50 bits per heavy atom. The van der Waals surface area contributed by atoms with Crippen molar-refractivity contribution in [1.29, 1.82) is 0 Å². The molecule has 0 saturated carbocycles. The maximum atomic E-state index is 8.51. The van der Waals surface area contributed by atoms with E-state index >= 15 is 0 Å². The van der Waals surface area contributed by atoms with Gasteiger partial charge < -0.3 is 5.53 Å². The minimum Gasteiger partial charge on any atom is -0.361 e. The molecule has 0 aliphatic heterocycles. The summed E-state index contributed by atoms with van der Waals surface area (Å²) in [5.74, 6) is 0. The summed E-state index contributed by atoms with van der Waals surface area (Å²) in [5.41, 5.74) is 11.0. The molecule has 0 radical (unpaired) electrons. The Labute approximate surface area is 85.2 Å². The Morgan fingerprint density at radius 2 is 1.93 bits per heavy atom. The van der Waals surface area contributed by atoms with Crippen LogP contribution in [0.25, 0.3) is 5.53 Å². The van der Waals surface area contributed by atoms with Gasteiger partial charge in [0, 0.05) is 0 Å². The molecule has 2 heteroatoms. The lowest BCUT2D eigenvalue weighted by Gasteiger charge is -2.18. The summed E-state index contributed by atoms with van der Waals surface area (Å²) >= 11 is 0. The third-order valence-corrected chi connectivity index (χ3v) is 1.97. The number of hydrogen-bond acceptors (Lipinski definition) is 0. The number of benzene rings is 1. The van der Waals surface area contributed by atoms with Gasteiger partial charge in [0.25, 0.3) is 6.21 Å². The van der Waals surface area contributed by atoms with Crippen molar-refractivity contribution in [1.82, 2.24) is 0 Å². The predicted molar refractivity (Wildman–Crippen MR) is 58.4 cm³/mol. The minimum atomic E-state index is 0.249. The van der Waals surface area contributed by atoms with E-state index in [9.17, 15) is 0 Å². The largest absolute Gasteiger partial charge is 0.361 e. The molecular formula is C12H16N2. The van der Waals surface area contributed by atoms with Gasteiger partial charge in [-0.2, -0.15) is 4.79 Å². The maximum Gasteiger partial charge on any atom is 0.288 e. The lowest BCUT2D eigenvalue weighted by molar-refractivity contribution is 0.00449. The normalized spacial score (nSPS) is 10.8. The van der Waals surface area contributed by atoms with Gasteiger partial charge in [-0.3, -0.25) is 0 Å². The van der Waals surface area contributed by atoms with Crippen LogP contribution in [0.1, 0.15) is 31.9 Å². The van der Waals surface area contributed by atoms with Gasteiger partial charge in [-0.15, -0.1) is 0 Å². The fraction of sp³-hybridized carbons (Fsp3) is 0.417. The molecule has 1 aromatic carbocycles. The first kappa shape index (κ1) is 10.7. The zero-order valence-corrected chi connectivity index (χ0v) is 8.99. The van der Waals surface area contributed by atoms with E-state index in [-0.39, 0.29) is 5.41 Å². The number of nitrogens with zero attached hydrogens (tertiary/aromatic N) is 2. The smallest absolute Gasteiger partial charge is 0.288 e. The van der Waals surface area contributed by atoms with Gasteiger partial charge in [-0.25, -0.2) is 0 Å². The summed E-state index contributed by atoms with van der Waals surface area (Å²) in [4.78, 5) is 3.07. The molecule has 14 heavy (non-hydrogen) atoms.